The molecule has 0 saturated heterocycles. The van der Waals surface area contributed by atoms with E-state index in [1.54, 1.807) is 0 Å². The highest BCUT2D eigenvalue weighted by atomic mass is 35.5. The summed E-state index contributed by atoms with van der Waals surface area (Å²) < 4.78 is 18.7. The van der Waals surface area contributed by atoms with Crippen LogP contribution in [0.5, 0.6) is 0 Å². The van der Waals surface area contributed by atoms with Gasteiger partial charge in [0.1, 0.15) is 5.82 Å². The van der Waals surface area contributed by atoms with Crippen molar-refractivity contribution in [2.75, 3.05) is 11.1 Å². The highest BCUT2D eigenvalue weighted by Crippen LogP contribution is 2.25. The SMILES string of the molecule is Cc1ccc(-c2nnc(SCC(=O)Nc3ccc(F)c(Cl)c3)o2)cc1C. The quantitative estimate of drug-likeness (QED) is 0.628. The Morgan fingerprint density at radius 3 is 2.73 bits per heavy atom. The largest absolute Gasteiger partial charge is 0.411 e. The molecule has 1 amide bonds. The molecular formula is C18H15ClFN3O2S. The van der Waals surface area contributed by atoms with Gasteiger partial charge in [-0.25, -0.2) is 4.39 Å². The summed E-state index contributed by atoms with van der Waals surface area (Å²) in [7, 11) is 0. The molecule has 0 bridgehead atoms. The minimum Gasteiger partial charge on any atom is -0.411 e. The summed E-state index contributed by atoms with van der Waals surface area (Å²) in [4.78, 5) is 12.0. The lowest BCUT2D eigenvalue weighted by molar-refractivity contribution is -0.113. The number of halogens is 2. The second-order valence-electron chi connectivity index (χ2n) is 5.64. The van der Waals surface area contributed by atoms with E-state index in [1.807, 2.05) is 32.0 Å². The molecule has 26 heavy (non-hydrogen) atoms. The molecule has 8 heteroatoms. The van der Waals surface area contributed by atoms with Gasteiger partial charge in [0.2, 0.25) is 11.8 Å². The van der Waals surface area contributed by atoms with Crippen LogP contribution >= 0.6 is 23.4 Å². The molecule has 3 aromatic rings. The highest BCUT2D eigenvalue weighted by Gasteiger charge is 2.12. The number of hydrogen-bond donors (Lipinski definition) is 1. The number of amides is 1. The van der Waals surface area contributed by atoms with Gasteiger partial charge in [-0.15, -0.1) is 10.2 Å². The molecule has 0 spiro atoms. The number of nitrogens with one attached hydrogen (secondary N) is 1. The third-order valence-electron chi connectivity index (χ3n) is 3.69. The number of aryl methyl sites for hydroxylation is 2. The number of aromatic nitrogens is 2. The summed E-state index contributed by atoms with van der Waals surface area (Å²) >= 11 is 6.81. The lowest BCUT2D eigenvalue weighted by Crippen LogP contribution is -2.14. The fourth-order valence-corrected chi connectivity index (χ4v) is 2.90. The number of anilines is 1. The van der Waals surface area contributed by atoms with Gasteiger partial charge in [-0.2, -0.15) is 0 Å². The molecule has 0 aliphatic carbocycles. The Balaban J connectivity index is 1.59. The number of benzene rings is 2. The second kappa shape index (κ2) is 7.88. The van der Waals surface area contributed by atoms with Gasteiger partial charge >= 0.3 is 0 Å². The maximum atomic E-state index is 13.1. The summed E-state index contributed by atoms with van der Waals surface area (Å²) in [5.74, 6) is -0.350. The molecule has 0 radical (unpaired) electrons. The summed E-state index contributed by atoms with van der Waals surface area (Å²) in [6.07, 6.45) is 0. The molecule has 134 valence electrons. The van der Waals surface area contributed by atoms with Crippen molar-refractivity contribution in [2.45, 2.75) is 19.1 Å². The first-order valence-electron chi connectivity index (χ1n) is 7.71. The first kappa shape index (κ1) is 18.4. The van der Waals surface area contributed by atoms with Crippen molar-refractivity contribution >= 4 is 35.0 Å². The van der Waals surface area contributed by atoms with E-state index in [-0.39, 0.29) is 16.7 Å². The summed E-state index contributed by atoms with van der Waals surface area (Å²) in [6, 6.07) is 9.86. The van der Waals surface area contributed by atoms with Crippen LogP contribution in [0.25, 0.3) is 11.5 Å². The fraction of sp³-hybridized carbons (Fsp3) is 0.167. The van der Waals surface area contributed by atoms with Gasteiger partial charge < -0.3 is 9.73 Å². The Morgan fingerprint density at radius 2 is 2.00 bits per heavy atom. The molecule has 0 aliphatic heterocycles. The molecule has 1 heterocycles. The number of nitrogens with zero attached hydrogens (tertiary/aromatic N) is 2. The topological polar surface area (TPSA) is 68.0 Å². The lowest BCUT2D eigenvalue weighted by Gasteiger charge is -2.04. The Morgan fingerprint density at radius 1 is 1.19 bits per heavy atom. The van der Waals surface area contributed by atoms with Crippen LogP contribution in [0.2, 0.25) is 5.02 Å². The molecule has 1 N–H and O–H groups in total. The van der Waals surface area contributed by atoms with Crippen molar-refractivity contribution in [3.63, 3.8) is 0 Å². The van der Waals surface area contributed by atoms with Crippen LogP contribution < -0.4 is 5.32 Å². The normalized spacial score (nSPS) is 10.8. The van der Waals surface area contributed by atoms with Gasteiger partial charge in [0.15, 0.2) is 0 Å². The maximum absolute atomic E-state index is 13.1. The maximum Gasteiger partial charge on any atom is 0.277 e. The molecule has 0 saturated carbocycles. The van der Waals surface area contributed by atoms with Crippen molar-refractivity contribution in [1.82, 2.24) is 10.2 Å². The average molecular weight is 392 g/mol. The minimum absolute atomic E-state index is 0.0506. The standard InChI is InChI=1S/C18H15ClFN3O2S/c1-10-3-4-12(7-11(10)2)17-22-23-18(25-17)26-9-16(24)21-13-5-6-15(20)14(19)8-13/h3-8H,9H2,1-2H3,(H,21,24). The van der Waals surface area contributed by atoms with Gasteiger partial charge in [0.05, 0.1) is 10.8 Å². The first-order chi connectivity index (χ1) is 12.4. The number of carbonyl (C=O) groups excluding carboxylic acids is 1. The van der Waals surface area contributed by atoms with E-state index in [1.165, 1.54) is 23.8 Å². The van der Waals surface area contributed by atoms with E-state index in [0.29, 0.717) is 16.8 Å². The molecule has 5 nitrogen and oxygen atoms in total. The fourth-order valence-electron chi connectivity index (χ4n) is 2.16. The van der Waals surface area contributed by atoms with Crippen LogP contribution in [0.1, 0.15) is 11.1 Å². The second-order valence-corrected chi connectivity index (χ2v) is 6.97. The number of thioether (sulfide) groups is 1. The van der Waals surface area contributed by atoms with E-state index in [2.05, 4.69) is 15.5 Å². The monoisotopic (exact) mass is 391 g/mol. The van der Waals surface area contributed by atoms with Crippen LogP contribution in [0.15, 0.2) is 46.0 Å². The molecule has 2 aromatic carbocycles. The van der Waals surface area contributed by atoms with Crippen LogP contribution in [-0.4, -0.2) is 21.9 Å². The minimum atomic E-state index is -0.538. The third-order valence-corrected chi connectivity index (χ3v) is 4.80. The Bertz CT molecular complexity index is 961. The van der Waals surface area contributed by atoms with E-state index in [4.69, 9.17) is 16.0 Å². The predicted octanol–water partition coefficient (Wildman–Crippen LogP) is 4.88. The van der Waals surface area contributed by atoms with Gasteiger partial charge in [-0.1, -0.05) is 29.4 Å². The Hall–Kier alpha value is -2.38. The molecule has 1 aromatic heterocycles. The summed E-state index contributed by atoms with van der Waals surface area (Å²) in [5.41, 5.74) is 3.56. The zero-order valence-electron chi connectivity index (χ0n) is 14.0. The summed E-state index contributed by atoms with van der Waals surface area (Å²) in [6.45, 7) is 4.04. The highest BCUT2D eigenvalue weighted by molar-refractivity contribution is 7.99. The number of carbonyl (C=O) groups is 1. The molecular weight excluding hydrogens is 377 g/mol. The molecule has 0 atom stereocenters. The van der Waals surface area contributed by atoms with Crippen molar-refractivity contribution in [2.24, 2.45) is 0 Å². The number of hydrogen-bond acceptors (Lipinski definition) is 5. The Labute approximate surface area is 159 Å². The van der Waals surface area contributed by atoms with E-state index < -0.39 is 5.82 Å². The molecule has 0 fully saturated rings. The van der Waals surface area contributed by atoms with E-state index in [9.17, 15) is 9.18 Å². The summed E-state index contributed by atoms with van der Waals surface area (Å²) in [5, 5.41) is 10.8. The zero-order valence-corrected chi connectivity index (χ0v) is 15.6. The van der Waals surface area contributed by atoms with Gasteiger partial charge in [-0.05, 0) is 55.3 Å². The van der Waals surface area contributed by atoms with Crippen LogP contribution in [0.4, 0.5) is 10.1 Å². The van der Waals surface area contributed by atoms with Gasteiger partial charge in [0, 0.05) is 11.3 Å². The van der Waals surface area contributed by atoms with Crippen LogP contribution in [0.3, 0.4) is 0 Å². The average Bonchev–Trinajstić information content (AvgIpc) is 3.08. The molecule has 3 rings (SSSR count). The predicted molar refractivity (Wildman–Crippen MR) is 100.0 cm³/mol. The van der Waals surface area contributed by atoms with Crippen molar-refractivity contribution < 1.29 is 13.6 Å². The van der Waals surface area contributed by atoms with E-state index >= 15 is 0 Å². The Kier molecular flexibility index (Phi) is 5.58. The van der Waals surface area contributed by atoms with Gasteiger partial charge in [-0.3, -0.25) is 4.79 Å². The van der Waals surface area contributed by atoms with Crippen LogP contribution in [-0.2, 0) is 4.79 Å². The van der Waals surface area contributed by atoms with E-state index in [0.717, 1.165) is 22.9 Å². The lowest BCUT2D eigenvalue weighted by atomic mass is 10.1. The van der Waals surface area contributed by atoms with Crippen molar-refractivity contribution in [3.8, 4) is 11.5 Å². The molecule has 0 aliphatic rings. The molecule has 0 unspecified atom stereocenters. The third kappa shape index (κ3) is 4.42. The smallest absolute Gasteiger partial charge is 0.277 e. The van der Waals surface area contributed by atoms with Gasteiger partial charge in [0.25, 0.3) is 5.22 Å². The zero-order chi connectivity index (χ0) is 18.7. The van der Waals surface area contributed by atoms with Crippen molar-refractivity contribution in [1.29, 1.82) is 0 Å². The van der Waals surface area contributed by atoms with Crippen molar-refractivity contribution in [3.05, 3.63) is 58.4 Å². The number of rotatable bonds is 5. The first-order valence-corrected chi connectivity index (χ1v) is 9.07. The van der Waals surface area contributed by atoms with Crippen LogP contribution in [0, 0.1) is 19.7 Å².